The van der Waals surface area contributed by atoms with Crippen LogP contribution >= 0.6 is 0 Å². The minimum absolute atomic E-state index is 0.00362. The lowest BCUT2D eigenvalue weighted by Gasteiger charge is -2.23. The number of ether oxygens (including phenoxy) is 2. The Labute approximate surface area is 157 Å². The van der Waals surface area contributed by atoms with E-state index in [0.717, 1.165) is 12.1 Å². The van der Waals surface area contributed by atoms with Crippen LogP contribution in [0.4, 0.5) is 18.9 Å². The van der Waals surface area contributed by atoms with Crippen LogP contribution in [0.2, 0.25) is 0 Å². The number of methoxy groups -OCH3 is 1. The highest BCUT2D eigenvalue weighted by Gasteiger charge is 2.36. The summed E-state index contributed by atoms with van der Waals surface area (Å²) >= 11 is 0. The van der Waals surface area contributed by atoms with Crippen molar-refractivity contribution in [2.75, 3.05) is 20.3 Å². The quantitative estimate of drug-likeness (QED) is 0.492. The molecule has 0 saturated carbocycles. The smallest absolute Gasteiger partial charge is 0.406 e. The van der Waals surface area contributed by atoms with Crippen molar-refractivity contribution in [3.8, 4) is 11.5 Å². The molecular weight excluding hydrogens is 385 g/mol. The van der Waals surface area contributed by atoms with Gasteiger partial charge in [-0.05, 0) is 19.1 Å². The average Bonchev–Trinajstić information content (AvgIpc) is 3.12. The van der Waals surface area contributed by atoms with Crippen LogP contribution in [0.15, 0.2) is 34.9 Å². The molecule has 28 heavy (non-hydrogen) atoms. The van der Waals surface area contributed by atoms with E-state index in [-0.39, 0.29) is 23.9 Å². The van der Waals surface area contributed by atoms with Crippen LogP contribution in [0.3, 0.4) is 0 Å². The molecule has 1 heterocycles. The van der Waals surface area contributed by atoms with Gasteiger partial charge >= 0.3 is 6.18 Å². The van der Waals surface area contributed by atoms with Crippen LogP contribution in [0.1, 0.15) is 23.0 Å². The van der Waals surface area contributed by atoms with E-state index in [1.54, 1.807) is 6.92 Å². The first-order chi connectivity index (χ1) is 13.2. The molecule has 0 saturated heterocycles. The van der Waals surface area contributed by atoms with Gasteiger partial charge in [-0.3, -0.25) is 14.9 Å². The molecule has 0 aliphatic carbocycles. The third kappa shape index (κ3) is 5.15. The summed E-state index contributed by atoms with van der Waals surface area (Å²) in [5.41, 5.74) is -1.25. The van der Waals surface area contributed by atoms with Crippen molar-refractivity contribution in [1.29, 1.82) is 0 Å². The van der Waals surface area contributed by atoms with Crippen LogP contribution in [-0.2, 0) is 6.54 Å². The lowest BCUT2D eigenvalue weighted by molar-refractivity contribution is -0.385. The second-order valence-corrected chi connectivity index (χ2v) is 5.57. The first kappa shape index (κ1) is 21.1. The minimum Gasteiger partial charge on any atom is -0.493 e. The number of nitro groups is 1. The van der Waals surface area contributed by atoms with Gasteiger partial charge in [-0.2, -0.15) is 13.2 Å². The molecule has 0 aliphatic heterocycles. The monoisotopic (exact) mass is 402 g/mol. The van der Waals surface area contributed by atoms with E-state index in [9.17, 15) is 28.1 Å². The Hall–Kier alpha value is -3.24. The minimum atomic E-state index is -4.72. The number of alkyl halides is 3. The highest BCUT2D eigenvalue weighted by molar-refractivity contribution is 5.99. The Morgan fingerprint density at radius 3 is 2.54 bits per heavy atom. The van der Waals surface area contributed by atoms with Crippen molar-refractivity contribution in [1.82, 2.24) is 4.90 Å². The molecule has 0 N–H and O–H groups in total. The lowest BCUT2D eigenvalue weighted by Crippen LogP contribution is -2.38. The van der Waals surface area contributed by atoms with E-state index in [0.29, 0.717) is 4.90 Å². The highest BCUT2D eigenvalue weighted by atomic mass is 19.4. The number of hydrogen-bond acceptors (Lipinski definition) is 6. The fourth-order valence-corrected chi connectivity index (χ4v) is 2.48. The predicted molar refractivity (Wildman–Crippen MR) is 90.3 cm³/mol. The summed E-state index contributed by atoms with van der Waals surface area (Å²) in [6.07, 6.45) is -3.47. The summed E-state index contributed by atoms with van der Waals surface area (Å²) in [7, 11) is 1.25. The van der Waals surface area contributed by atoms with Gasteiger partial charge in [0, 0.05) is 6.07 Å². The van der Waals surface area contributed by atoms with Gasteiger partial charge in [0.15, 0.2) is 11.5 Å². The Balaban J connectivity index is 2.51. The van der Waals surface area contributed by atoms with Gasteiger partial charge < -0.3 is 18.8 Å². The van der Waals surface area contributed by atoms with Crippen LogP contribution in [0.25, 0.3) is 0 Å². The predicted octanol–water partition coefficient (Wildman–Crippen LogP) is 3.80. The fraction of sp³-hybridized carbons (Fsp3) is 0.353. The number of halogens is 3. The van der Waals surface area contributed by atoms with Crippen LogP contribution < -0.4 is 9.47 Å². The summed E-state index contributed by atoms with van der Waals surface area (Å²) in [5, 5.41) is 11.4. The number of benzene rings is 1. The van der Waals surface area contributed by atoms with E-state index in [2.05, 4.69) is 0 Å². The molecule has 1 amide bonds. The van der Waals surface area contributed by atoms with E-state index < -0.39 is 41.3 Å². The largest absolute Gasteiger partial charge is 0.493 e. The summed E-state index contributed by atoms with van der Waals surface area (Å²) in [6.45, 7) is -0.339. The molecular formula is C17H17F3N2O6. The third-order valence-corrected chi connectivity index (χ3v) is 3.59. The topological polar surface area (TPSA) is 95.0 Å². The number of hydrogen-bond donors (Lipinski definition) is 0. The first-order valence-electron chi connectivity index (χ1n) is 8.04. The van der Waals surface area contributed by atoms with E-state index >= 15 is 0 Å². The van der Waals surface area contributed by atoms with E-state index in [4.69, 9.17) is 13.9 Å². The molecule has 0 radical (unpaired) electrons. The van der Waals surface area contributed by atoms with Crippen molar-refractivity contribution in [2.24, 2.45) is 0 Å². The molecule has 152 valence electrons. The number of furan rings is 1. The maximum absolute atomic E-state index is 13.0. The van der Waals surface area contributed by atoms with Gasteiger partial charge in [0.25, 0.3) is 11.6 Å². The zero-order valence-electron chi connectivity index (χ0n) is 15.0. The second kappa shape index (κ2) is 8.63. The number of rotatable bonds is 8. The maximum Gasteiger partial charge on any atom is 0.406 e. The lowest BCUT2D eigenvalue weighted by atomic mass is 10.1. The zero-order chi connectivity index (χ0) is 20.9. The summed E-state index contributed by atoms with van der Waals surface area (Å²) in [6, 6.07) is 4.80. The van der Waals surface area contributed by atoms with Crippen LogP contribution in [-0.4, -0.2) is 42.2 Å². The van der Waals surface area contributed by atoms with Gasteiger partial charge in [0.2, 0.25) is 0 Å². The van der Waals surface area contributed by atoms with Gasteiger partial charge in [-0.25, -0.2) is 0 Å². The molecule has 2 aromatic rings. The normalized spacial score (nSPS) is 11.2. The van der Waals surface area contributed by atoms with Crippen molar-refractivity contribution in [3.63, 3.8) is 0 Å². The van der Waals surface area contributed by atoms with Crippen LogP contribution in [0, 0.1) is 10.1 Å². The fourth-order valence-electron chi connectivity index (χ4n) is 2.48. The van der Waals surface area contributed by atoms with Gasteiger partial charge in [-0.1, -0.05) is 0 Å². The molecule has 0 atom stereocenters. The van der Waals surface area contributed by atoms with E-state index in [1.165, 1.54) is 25.5 Å². The number of nitro benzene ring substituents is 1. The molecule has 0 spiro atoms. The molecule has 0 aliphatic rings. The molecule has 1 aromatic heterocycles. The maximum atomic E-state index is 13.0. The SMILES string of the molecule is CCOc1cc(C(=O)N(Cc2ccco2)CC(F)(F)F)c([N+](=O)[O-])cc1OC. The molecule has 0 fully saturated rings. The Morgan fingerprint density at radius 1 is 1.32 bits per heavy atom. The summed E-state index contributed by atoms with van der Waals surface area (Å²) < 4.78 is 54.2. The van der Waals surface area contributed by atoms with E-state index in [1.807, 2.05) is 0 Å². The van der Waals surface area contributed by atoms with Gasteiger partial charge in [0.05, 0.1) is 37.5 Å². The number of nitrogens with zero attached hydrogens (tertiary/aromatic N) is 2. The summed E-state index contributed by atoms with van der Waals surface area (Å²) in [4.78, 5) is 23.7. The zero-order valence-corrected chi connectivity index (χ0v) is 15.0. The highest BCUT2D eigenvalue weighted by Crippen LogP contribution is 2.36. The summed E-state index contributed by atoms with van der Waals surface area (Å²) in [5.74, 6) is -1.11. The Bertz CT molecular complexity index is 836. The molecule has 1 aromatic carbocycles. The molecule has 11 heteroatoms. The molecule has 8 nitrogen and oxygen atoms in total. The van der Waals surface area contributed by atoms with Crippen molar-refractivity contribution >= 4 is 11.6 Å². The average molecular weight is 402 g/mol. The van der Waals surface area contributed by atoms with Crippen LogP contribution in [0.5, 0.6) is 11.5 Å². The standard InChI is InChI=1S/C17H17F3N2O6/c1-3-27-15-7-12(13(22(24)25)8-14(15)26-2)16(23)21(10-17(18,19)20)9-11-5-4-6-28-11/h4-8H,3,9-10H2,1-2H3. The number of amides is 1. The second-order valence-electron chi connectivity index (χ2n) is 5.57. The Kier molecular flexibility index (Phi) is 6.49. The van der Waals surface area contributed by atoms with Gasteiger partial charge in [-0.15, -0.1) is 0 Å². The molecule has 0 bridgehead atoms. The van der Waals surface area contributed by atoms with Crippen molar-refractivity contribution in [3.05, 3.63) is 52.0 Å². The Morgan fingerprint density at radius 2 is 2.04 bits per heavy atom. The first-order valence-corrected chi connectivity index (χ1v) is 8.04. The number of carbonyl (C=O) groups excluding carboxylic acids is 1. The third-order valence-electron chi connectivity index (χ3n) is 3.59. The van der Waals surface area contributed by atoms with Crippen molar-refractivity contribution < 1.29 is 36.8 Å². The molecule has 0 unspecified atom stereocenters. The van der Waals surface area contributed by atoms with Gasteiger partial charge in [0.1, 0.15) is 17.9 Å². The van der Waals surface area contributed by atoms with Crippen molar-refractivity contribution in [2.45, 2.75) is 19.6 Å². The molecule has 2 rings (SSSR count). The number of carbonyl (C=O) groups is 1.